The predicted octanol–water partition coefficient (Wildman–Crippen LogP) is 4.86. The highest BCUT2D eigenvalue weighted by atomic mass is 32.2. The van der Waals surface area contributed by atoms with Gasteiger partial charge in [-0.1, -0.05) is 37.8 Å². The van der Waals surface area contributed by atoms with Crippen LogP contribution in [0.5, 0.6) is 0 Å². The summed E-state index contributed by atoms with van der Waals surface area (Å²) >= 11 is 0. The Morgan fingerprint density at radius 2 is 1.96 bits per heavy atom. The first-order chi connectivity index (χ1) is 11.9. The van der Waals surface area contributed by atoms with Crippen molar-refractivity contribution in [3.05, 3.63) is 60.4 Å². The molecule has 25 heavy (non-hydrogen) atoms. The van der Waals surface area contributed by atoms with Crippen LogP contribution in [-0.4, -0.2) is 26.4 Å². The molecule has 3 nitrogen and oxygen atoms in total. The minimum Gasteiger partial charge on any atom is -0.370 e. The third kappa shape index (κ3) is 6.00. The van der Waals surface area contributed by atoms with Gasteiger partial charge < -0.3 is 4.74 Å². The Labute approximate surface area is 152 Å². The maximum absolute atomic E-state index is 12.4. The van der Waals surface area contributed by atoms with Crippen molar-refractivity contribution in [3.8, 4) is 0 Å². The summed E-state index contributed by atoms with van der Waals surface area (Å²) < 4.78 is 30.8. The van der Waals surface area contributed by atoms with Gasteiger partial charge in [-0.25, -0.2) is 8.42 Å². The van der Waals surface area contributed by atoms with Crippen molar-refractivity contribution >= 4 is 9.84 Å². The Kier molecular flexibility index (Phi) is 7.24. The molecule has 0 spiro atoms. The number of hydrogen-bond donors (Lipinski definition) is 0. The first-order valence-electron chi connectivity index (χ1n) is 8.89. The largest absolute Gasteiger partial charge is 0.370 e. The molecule has 2 unspecified atom stereocenters. The molecule has 2 rings (SSSR count). The summed E-state index contributed by atoms with van der Waals surface area (Å²) in [7, 11) is -3.24. The van der Waals surface area contributed by atoms with E-state index in [0.717, 1.165) is 37.7 Å². The van der Waals surface area contributed by atoms with Crippen LogP contribution in [0.4, 0.5) is 0 Å². The molecule has 1 fully saturated rings. The van der Waals surface area contributed by atoms with Crippen molar-refractivity contribution in [2.45, 2.75) is 62.6 Å². The van der Waals surface area contributed by atoms with Crippen molar-refractivity contribution in [2.24, 2.45) is 0 Å². The molecule has 1 aliphatic heterocycles. The number of benzene rings is 1. The van der Waals surface area contributed by atoms with Crippen LogP contribution in [-0.2, 0) is 14.6 Å². The highest BCUT2D eigenvalue weighted by Crippen LogP contribution is 2.30. The van der Waals surface area contributed by atoms with Gasteiger partial charge in [-0.15, -0.1) is 5.73 Å². The van der Waals surface area contributed by atoms with Crippen LogP contribution in [0.25, 0.3) is 0 Å². The average molecular weight is 361 g/mol. The Hall–Kier alpha value is -1.61. The molecule has 1 aromatic carbocycles. The van der Waals surface area contributed by atoms with Crippen LogP contribution in [0, 0.1) is 0 Å². The van der Waals surface area contributed by atoms with Crippen LogP contribution in [0.15, 0.2) is 65.3 Å². The zero-order valence-electron chi connectivity index (χ0n) is 15.0. The molecular weight excluding hydrogens is 332 g/mol. The maximum Gasteiger partial charge on any atom is 0.178 e. The molecule has 1 saturated heterocycles. The second-order valence-corrected chi connectivity index (χ2v) is 8.84. The van der Waals surface area contributed by atoms with Crippen molar-refractivity contribution < 1.29 is 13.2 Å². The van der Waals surface area contributed by atoms with E-state index in [0.29, 0.717) is 11.3 Å². The minimum absolute atomic E-state index is 0.0363. The molecule has 0 radical (unpaired) electrons. The summed E-state index contributed by atoms with van der Waals surface area (Å²) in [5.41, 5.74) is 5.20. The van der Waals surface area contributed by atoms with E-state index in [1.165, 1.54) is 5.57 Å². The number of sulfone groups is 1. The van der Waals surface area contributed by atoms with E-state index >= 15 is 0 Å². The molecule has 1 aromatic rings. The van der Waals surface area contributed by atoms with E-state index in [-0.39, 0.29) is 18.0 Å². The summed E-state index contributed by atoms with van der Waals surface area (Å²) in [6.45, 7) is 9.81. The van der Waals surface area contributed by atoms with Crippen molar-refractivity contribution in [3.63, 3.8) is 0 Å². The minimum atomic E-state index is -3.24. The van der Waals surface area contributed by atoms with Crippen LogP contribution in [0.3, 0.4) is 0 Å². The summed E-state index contributed by atoms with van der Waals surface area (Å²) in [4.78, 5) is 0.383. The normalized spacial score (nSPS) is 20.4. The predicted molar refractivity (Wildman–Crippen MR) is 102 cm³/mol. The van der Waals surface area contributed by atoms with Gasteiger partial charge in [0.2, 0.25) is 0 Å². The first kappa shape index (κ1) is 19.7. The fourth-order valence-electron chi connectivity index (χ4n) is 3.08. The molecule has 0 amide bonds. The van der Waals surface area contributed by atoms with Gasteiger partial charge in [0.1, 0.15) is 0 Å². The maximum atomic E-state index is 12.4. The lowest BCUT2D eigenvalue weighted by Crippen LogP contribution is -2.16. The molecule has 0 saturated carbocycles. The van der Waals surface area contributed by atoms with Gasteiger partial charge in [0.15, 0.2) is 9.84 Å². The van der Waals surface area contributed by atoms with Gasteiger partial charge in [0.25, 0.3) is 0 Å². The van der Waals surface area contributed by atoms with Gasteiger partial charge in [-0.2, -0.15) is 0 Å². The number of allylic oxidation sites excluding steroid dienone is 1. The molecule has 4 heteroatoms. The third-order valence-corrected chi connectivity index (χ3v) is 6.45. The molecule has 1 heterocycles. The standard InChI is InChI=1S/C21H28O3S/c1-4-17(2)10-8-9-13-21-18(3)16-19(24-21)14-15-25(22,23)20-11-6-5-7-12-20/h5-7,11-12,19,21H,1,3,8-10,13-16H2,2H3. The zero-order chi connectivity index (χ0) is 18.3. The van der Waals surface area contributed by atoms with Crippen LogP contribution in [0.2, 0.25) is 0 Å². The van der Waals surface area contributed by atoms with E-state index in [9.17, 15) is 8.42 Å². The summed E-state index contributed by atoms with van der Waals surface area (Å²) in [5, 5.41) is 0. The molecule has 0 bridgehead atoms. The lowest BCUT2D eigenvalue weighted by Gasteiger charge is -2.14. The van der Waals surface area contributed by atoms with Gasteiger partial charge in [-0.05, 0) is 62.3 Å². The van der Waals surface area contributed by atoms with Crippen molar-refractivity contribution in [1.82, 2.24) is 0 Å². The second kappa shape index (κ2) is 9.19. The molecule has 2 atom stereocenters. The third-order valence-electron chi connectivity index (χ3n) is 4.68. The van der Waals surface area contributed by atoms with E-state index < -0.39 is 9.84 Å². The van der Waals surface area contributed by atoms with Crippen LogP contribution < -0.4 is 0 Å². The summed E-state index contributed by atoms with van der Waals surface area (Å²) in [6, 6.07) is 8.61. The summed E-state index contributed by atoms with van der Waals surface area (Å²) in [5.74, 6) is 0.116. The van der Waals surface area contributed by atoms with Crippen LogP contribution >= 0.6 is 0 Å². The quantitative estimate of drug-likeness (QED) is 0.359. The van der Waals surface area contributed by atoms with Gasteiger partial charge in [-0.3, -0.25) is 0 Å². The average Bonchev–Trinajstić information content (AvgIpc) is 2.97. The van der Waals surface area contributed by atoms with Gasteiger partial charge in [0.05, 0.1) is 22.9 Å². The Balaban J connectivity index is 1.77. The summed E-state index contributed by atoms with van der Waals surface area (Å²) in [6.07, 6.45) is 5.44. The van der Waals surface area contributed by atoms with Crippen LogP contribution in [0.1, 0.15) is 45.4 Å². The van der Waals surface area contributed by atoms with Crippen molar-refractivity contribution in [1.29, 1.82) is 0 Å². The van der Waals surface area contributed by atoms with Crippen molar-refractivity contribution in [2.75, 3.05) is 5.75 Å². The lowest BCUT2D eigenvalue weighted by atomic mass is 10.0. The Morgan fingerprint density at radius 3 is 2.64 bits per heavy atom. The van der Waals surface area contributed by atoms with Gasteiger partial charge >= 0.3 is 0 Å². The lowest BCUT2D eigenvalue weighted by molar-refractivity contribution is 0.0454. The molecule has 0 aromatic heterocycles. The van der Waals surface area contributed by atoms with Gasteiger partial charge in [0, 0.05) is 0 Å². The number of rotatable bonds is 9. The highest BCUT2D eigenvalue weighted by Gasteiger charge is 2.29. The number of unbranched alkanes of at least 4 members (excludes halogenated alkanes) is 1. The second-order valence-electron chi connectivity index (χ2n) is 6.73. The highest BCUT2D eigenvalue weighted by molar-refractivity contribution is 7.91. The Morgan fingerprint density at radius 1 is 1.24 bits per heavy atom. The molecule has 1 aliphatic rings. The van der Waals surface area contributed by atoms with E-state index in [4.69, 9.17) is 4.74 Å². The fourth-order valence-corrected chi connectivity index (χ4v) is 4.46. The molecule has 0 aliphatic carbocycles. The molecule has 136 valence electrons. The SMILES string of the molecule is C=C=C(C)CCCCC1OC(CCS(=O)(=O)c2ccccc2)CC1=C. The fraction of sp³-hybridized carbons (Fsp3) is 0.476. The topological polar surface area (TPSA) is 43.4 Å². The zero-order valence-corrected chi connectivity index (χ0v) is 15.9. The molecular formula is C21H28O3S. The number of ether oxygens (including phenoxy) is 1. The smallest absolute Gasteiger partial charge is 0.178 e. The molecule has 0 N–H and O–H groups in total. The van der Waals surface area contributed by atoms with E-state index in [1.54, 1.807) is 24.3 Å². The van der Waals surface area contributed by atoms with E-state index in [2.05, 4.69) is 18.9 Å². The number of hydrogen-bond acceptors (Lipinski definition) is 3. The first-order valence-corrected chi connectivity index (χ1v) is 10.5. The van der Waals surface area contributed by atoms with E-state index in [1.807, 2.05) is 13.0 Å². The monoisotopic (exact) mass is 360 g/mol. The Bertz CT molecular complexity index is 728.